The summed E-state index contributed by atoms with van der Waals surface area (Å²) >= 11 is 4.91. The summed E-state index contributed by atoms with van der Waals surface area (Å²) in [6.45, 7) is 5.63. The molecule has 0 fully saturated rings. The van der Waals surface area contributed by atoms with E-state index < -0.39 is 0 Å². The van der Waals surface area contributed by atoms with Gasteiger partial charge < -0.3 is 10.6 Å². The number of unbranched alkanes of at least 4 members (excludes halogenated alkanes) is 1. The fourth-order valence-corrected chi connectivity index (χ4v) is 2.21. The molecule has 0 saturated heterocycles. The van der Waals surface area contributed by atoms with E-state index in [1.54, 1.807) is 0 Å². The van der Waals surface area contributed by atoms with Crippen molar-refractivity contribution in [2.24, 2.45) is 5.73 Å². The molecular formula is C17H26N2OS. The third kappa shape index (κ3) is 7.23. The molecule has 1 rings (SSSR count). The van der Waals surface area contributed by atoms with Crippen molar-refractivity contribution in [1.82, 2.24) is 4.90 Å². The molecule has 21 heavy (non-hydrogen) atoms. The first-order valence-corrected chi connectivity index (χ1v) is 8.05. The van der Waals surface area contributed by atoms with E-state index in [1.165, 1.54) is 11.1 Å². The predicted octanol–water partition coefficient (Wildman–Crippen LogP) is 3.23. The van der Waals surface area contributed by atoms with Crippen molar-refractivity contribution >= 4 is 23.1 Å². The summed E-state index contributed by atoms with van der Waals surface area (Å²) in [5.41, 5.74) is 7.99. The number of thiocarbonyl (C=S) groups is 1. The number of carbonyl (C=O) groups excluding carboxylic acids is 1. The SMILES string of the molecule is CCCCN(CCC(N)=S)C(=O)CCc1ccc(C)cc1. The number of hydrogen-bond donors (Lipinski definition) is 1. The quantitative estimate of drug-likeness (QED) is 0.713. The average Bonchev–Trinajstić information content (AvgIpc) is 2.46. The third-order valence-electron chi connectivity index (χ3n) is 3.51. The Bertz CT molecular complexity index is 456. The third-order valence-corrected chi connectivity index (χ3v) is 3.71. The lowest BCUT2D eigenvalue weighted by Crippen LogP contribution is -2.34. The fourth-order valence-electron chi connectivity index (χ4n) is 2.12. The van der Waals surface area contributed by atoms with Gasteiger partial charge in [0.1, 0.15) is 0 Å². The average molecular weight is 306 g/mol. The van der Waals surface area contributed by atoms with Crippen molar-refractivity contribution in [3.63, 3.8) is 0 Å². The van der Waals surface area contributed by atoms with Gasteiger partial charge in [-0.15, -0.1) is 0 Å². The number of aryl methyl sites for hydroxylation is 2. The van der Waals surface area contributed by atoms with E-state index in [0.717, 1.165) is 25.8 Å². The molecule has 116 valence electrons. The Morgan fingerprint density at radius 1 is 1.19 bits per heavy atom. The minimum atomic E-state index is 0.195. The van der Waals surface area contributed by atoms with Crippen LogP contribution in [0.4, 0.5) is 0 Å². The van der Waals surface area contributed by atoms with E-state index in [2.05, 4.69) is 38.1 Å². The fraction of sp³-hybridized carbons (Fsp3) is 0.529. The first kappa shape index (κ1) is 17.6. The molecule has 0 aromatic heterocycles. The summed E-state index contributed by atoms with van der Waals surface area (Å²) in [5.74, 6) is 0.195. The maximum Gasteiger partial charge on any atom is 0.222 e. The van der Waals surface area contributed by atoms with Gasteiger partial charge in [0.05, 0.1) is 4.99 Å². The molecule has 2 N–H and O–H groups in total. The van der Waals surface area contributed by atoms with E-state index in [4.69, 9.17) is 18.0 Å². The molecule has 3 nitrogen and oxygen atoms in total. The van der Waals surface area contributed by atoms with E-state index >= 15 is 0 Å². The lowest BCUT2D eigenvalue weighted by atomic mass is 10.1. The van der Waals surface area contributed by atoms with Gasteiger partial charge in [-0.05, 0) is 25.3 Å². The second-order valence-electron chi connectivity index (χ2n) is 5.44. The highest BCUT2D eigenvalue weighted by Crippen LogP contribution is 2.08. The molecule has 0 spiro atoms. The van der Waals surface area contributed by atoms with Crippen LogP contribution in [0.1, 0.15) is 43.7 Å². The molecule has 4 heteroatoms. The lowest BCUT2D eigenvalue weighted by molar-refractivity contribution is -0.131. The van der Waals surface area contributed by atoms with Gasteiger partial charge in [-0.3, -0.25) is 4.79 Å². The highest BCUT2D eigenvalue weighted by atomic mass is 32.1. The lowest BCUT2D eigenvalue weighted by Gasteiger charge is -2.22. The van der Waals surface area contributed by atoms with Crippen LogP contribution in [-0.4, -0.2) is 28.9 Å². The van der Waals surface area contributed by atoms with Crippen molar-refractivity contribution in [2.45, 2.75) is 46.0 Å². The van der Waals surface area contributed by atoms with Crippen molar-refractivity contribution < 1.29 is 4.79 Å². The van der Waals surface area contributed by atoms with Crippen LogP contribution in [0.2, 0.25) is 0 Å². The molecule has 1 amide bonds. The Morgan fingerprint density at radius 3 is 2.43 bits per heavy atom. The Hall–Kier alpha value is -1.42. The van der Waals surface area contributed by atoms with Crippen LogP contribution in [0.5, 0.6) is 0 Å². The molecule has 0 unspecified atom stereocenters. The van der Waals surface area contributed by atoms with Crippen LogP contribution in [0.25, 0.3) is 0 Å². The highest BCUT2D eigenvalue weighted by Gasteiger charge is 2.13. The molecule has 0 atom stereocenters. The predicted molar refractivity (Wildman–Crippen MR) is 92.4 cm³/mol. The summed E-state index contributed by atoms with van der Waals surface area (Å²) < 4.78 is 0. The summed E-state index contributed by atoms with van der Waals surface area (Å²) in [4.78, 5) is 14.7. The second kappa shape index (κ2) is 9.50. The number of nitrogens with zero attached hydrogens (tertiary/aromatic N) is 1. The number of carbonyl (C=O) groups is 1. The molecule has 0 aliphatic rings. The molecule has 0 saturated carbocycles. The minimum Gasteiger partial charge on any atom is -0.393 e. The van der Waals surface area contributed by atoms with E-state index in [-0.39, 0.29) is 5.91 Å². The summed E-state index contributed by atoms with van der Waals surface area (Å²) in [6.07, 6.45) is 4.04. The van der Waals surface area contributed by atoms with Gasteiger partial charge in [-0.1, -0.05) is 55.4 Å². The normalized spacial score (nSPS) is 10.4. The first-order chi connectivity index (χ1) is 10.0. The Labute approximate surface area is 133 Å². The smallest absolute Gasteiger partial charge is 0.222 e. The standard InChI is InChI=1S/C17H26N2OS/c1-3-4-12-19(13-11-16(18)21)17(20)10-9-15-7-5-14(2)6-8-15/h5-8H,3-4,9-13H2,1-2H3,(H2,18,21). The zero-order valence-electron chi connectivity index (χ0n) is 13.1. The van der Waals surface area contributed by atoms with Crippen molar-refractivity contribution in [3.05, 3.63) is 35.4 Å². The number of benzene rings is 1. The maximum atomic E-state index is 12.3. The van der Waals surface area contributed by atoms with Crippen LogP contribution in [0.15, 0.2) is 24.3 Å². The zero-order chi connectivity index (χ0) is 15.7. The van der Waals surface area contributed by atoms with Crippen molar-refractivity contribution in [3.8, 4) is 0 Å². The van der Waals surface area contributed by atoms with Crippen LogP contribution in [0.3, 0.4) is 0 Å². The van der Waals surface area contributed by atoms with Gasteiger partial charge in [0.15, 0.2) is 0 Å². The van der Waals surface area contributed by atoms with Gasteiger partial charge in [-0.25, -0.2) is 0 Å². The van der Waals surface area contributed by atoms with Crippen molar-refractivity contribution in [2.75, 3.05) is 13.1 Å². The molecular weight excluding hydrogens is 280 g/mol. The van der Waals surface area contributed by atoms with Crippen molar-refractivity contribution in [1.29, 1.82) is 0 Å². The Balaban J connectivity index is 2.50. The van der Waals surface area contributed by atoms with Crippen LogP contribution in [0, 0.1) is 6.92 Å². The molecule has 0 aliphatic carbocycles. The Morgan fingerprint density at radius 2 is 1.86 bits per heavy atom. The van der Waals surface area contributed by atoms with Crippen LogP contribution < -0.4 is 5.73 Å². The van der Waals surface area contributed by atoms with E-state index in [0.29, 0.717) is 24.4 Å². The topological polar surface area (TPSA) is 46.3 Å². The highest BCUT2D eigenvalue weighted by molar-refractivity contribution is 7.80. The number of rotatable bonds is 9. The number of amides is 1. The van der Waals surface area contributed by atoms with Gasteiger partial charge in [0.25, 0.3) is 0 Å². The maximum absolute atomic E-state index is 12.3. The van der Waals surface area contributed by atoms with E-state index in [9.17, 15) is 4.79 Å². The molecule has 0 bridgehead atoms. The van der Waals surface area contributed by atoms with Crippen LogP contribution in [-0.2, 0) is 11.2 Å². The second-order valence-corrected chi connectivity index (χ2v) is 5.96. The minimum absolute atomic E-state index is 0.195. The summed E-state index contributed by atoms with van der Waals surface area (Å²) in [6, 6.07) is 8.35. The largest absolute Gasteiger partial charge is 0.393 e. The molecule has 0 heterocycles. The molecule has 1 aromatic rings. The summed E-state index contributed by atoms with van der Waals surface area (Å²) in [5, 5.41) is 0. The van der Waals surface area contributed by atoms with Gasteiger partial charge in [0, 0.05) is 25.9 Å². The Kier molecular flexibility index (Phi) is 7.98. The number of nitrogens with two attached hydrogens (primary N) is 1. The molecule has 0 radical (unpaired) electrons. The van der Waals surface area contributed by atoms with Gasteiger partial charge in [-0.2, -0.15) is 0 Å². The van der Waals surface area contributed by atoms with E-state index in [1.807, 2.05) is 4.90 Å². The molecule has 1 aromatic carbocycles. The molecule has 0 aliphatic heterocycles. The monoisotopic (exact) mass is 306 g/mol. The van der Waals surface area contributed by atoms with Crippen LogP contribution >= 0.6 is 12.2 Å². The zero-order valence-corrected chi connectivity index (χ0v) is 13.9. The van der Waals surface area contributed by atoms with Gasteiger partial charge >= 0.3 is 0 Å². The number of hydrogen-bond acceptors (Lipinski definition) is 2. The summed E-state index contributed by atoms with van der Waals surface area (Å²) in [7, 11) is 0. The first-order valence-electron chi connectivity index (χ1n) is 7.64. The van der Waals surface area contributed by atoms with Gasteiger partial charge in [0.2, 0.25) is 5.91 Å².